The molecule has 1 aromatic rings. The third-order valence-electron chi connectivity index (χ3n) is 3.01. The maximum Gasteiger partial charge on any atom is 0.0466 e. The van der Waals surface area contributed by atoms with Gasteiger partial charge in [-0.15, -0.1) is 0 Å². The molecule has 2 atom stereocenters. The molecule has 0 saturated carbocycles. The molecule has 66 valence electrons. The zero-order valence-corrected chi connectivity index (χ0v) is 7.40. The Hall–Kier alpha value is -0.760. The first-order valence-corrected chi connectivity index (χ1v) is 4.59. The molecule has 0 aliphatic carbocycles. The number of hydrogen-bond donors (Lipinski definition) is 1. The first kappa shape index (κ1) is 7.87. The summed E-state index contributed by atoms with van der Waals surface area (Å²) in [5.41, 5.74) is 1.38. The van der Waals surface area contributed by atoms with Gasteiger partial charge in [0.05, 0.1) is 0 Å². The van der Waals surface area contributed by atoms with E-state index in [0.29, 0.717) is 18.4 Å². The lowest BCUT2D eigenvalue weighted by atomic mass is 9.86. The molecule has 12 heavy (non-hydrogen) atoms. The summed E-state index contributed by atoms with van der Waals surface area (Å²) in [6, 6.07) is 4.25. The smallest absolute Gasteiger partial charge is 0.0466 e. The van der Waals surface area contributed by atoms with E-state index in [1.807, 2.05) is 0 Å². The van der Waals surface area contributed by atoms with Gasteiger partial charge in [-0.1, -0.05) is 6.92 Å². The van der Waals surface area contributed by atoms with Crippen LogP contribution in [0.5, 0.6) is 0 Å². The van der Waals surface area contributed by atoms with Crippen molar-refractivity contribution in [2.75, 3.05) is 6.61 Å². The van der Waals surface area contributed by atoms with E-state index in [0.717, 1.165) is 13.0 Å². The summed E-state index contributed by atoms with van der Waals surface area (Å²) in [6.07, 6.45) is 3.23. The summed E-state index contributed by atoms with van der Waals surface area (Å²) in [6.45, 7) is 3.59. The summed E-state index contributed by atoms with van der Waals surface area (Å²) in [4.78, 5) is 0. The minimum atomic E-state index is 0.326. The third kappa shape index (κ3) is 1.07. The van der Waals surface area contributed by atoms with Gasteiger partial charge in [0, 0.05) is 31.0 Å². The topological polar surface area (TPSA) is 25.2 Å². The van der Waals surface area contributed by atoms with Crippen molar-refractivity contribution < 1.29 is 5.11 Å². The van der Waals surface area contributed by atoms with Crippen LogP contribution in [0.25, 0.3) is 0 Å². The highest BCUT2D eigenvalue weighted by atomic mass is 16.3. The van der Waals surface area contributed by atoms with Gasteiger partial charge in [-0.05, 0) is 24.5 Å². The highest BCUT2D eigenvalue weighted by Gasteiger charge is 2.24. The van der Waals surface area contributed by atoms with E-state index in [1.165, 1.54) is 5.69 Å². The number of hydrogen-bond acceptors (Lipinski definition) is 1. The van der Waals surface area contributed by atoms with Gasteiger partial charge in [-0.3, -0.25) is 0 Å². The highest BCUT2D eigenvalue weighted by Crippen LogP contribution is 2.31. The number of aromatic nitrogens is 1. The molecule has 1 aliphatic heterocycles. The lowest BCUT2D eigenvalue weighted by molar-refractivity contribution is 0.179. The van der Waals surface area contributed by atoms with Crippen LogP contribution in [0, 0.1) is 5.92 Å². The lowest BCUT2D eigenvalue weighted by Gasteiger charge is -2.29. The van der Waals surface area contributed by atoms with Crippen molar-refractivity contribution in [1.29, 1.82) is 0 Å². The Bertz CT molecular complexity index is 267. The first-order chi connectivity index (χ1) is 5.83. The molecular weight excluding hydrogens is 150 g/mol. The molecule has 2 nitrogen and oxygen atoms in total. The minimum Gasteiger partial charge on any atom is -0.396 e. The van der Waals surface area contributed by atoms with Crippen LogP contribution in [-0.4, -0.2) is 16.3 Å². The fourth-order valence-corrected chi connectivity index (χ4v) is 2.09. The average Bonchev–Trinajstić information content (AvgIpc) is 2.53. The Labute approximate surface area is 72.8 Å². The molecule has 0 radical (unpaired) electrons. The van der Waals surface area contributed by atoms with Crippen LogP contribution in [0.4, 0.5) is 0 Å². The Morgan fingerprint density at radius 1 is 1.67 bits per heavy atom. The van der Waals surface area contributed by atoms with Gasteiger partial charge in [0.25, 0.3) is 0 Å². The van der Waals surface area contributed by atoms with Crippen molar-refractivity contribution >= 4 is 0 Å². The molecule has 2 rings (SSSR count). The molecule has 0 aromatic carbocycles. The van der Waals surface area contributed by atoms with Crippen molar-refractivity contribution in [3.05, 3.63) is 24.0 Å². The van der Waals surface area contributed by atoms with E-state index in [9.17, 15) is 0 Å². The van der Waals surface area contributed by atoms with Crippen LogP contribution >= 0.6 is 0 Å². The molecule has 0 bridgehead atoms. The van der Waals surface area contributed by atoms with Crippen molar-refractivity contribution in [2.24, 2.45) is 5.92 Å². The highest BCUT2D eigenvalue weighted by molar-refractivity contribution is 5.15. The van der Waals surface area contributed by atoms with E-state index in [2.05, 4.69) is 29.8 Å². The molecule has 0 saturated heterocycles. The summed E-state index contributed by atoms with van der Waals surface area (Å²) in [5.74, 6) is 0.978. The number of fused-ring (bicyclic) bond motifs is 1. The monoisotopic (exact) mass is 165 g/mol. The number of aliphatic hydroxyl groups excluding tert-OH is 1. The molecule has 0 unspecified atom stereocenters. The van der Waals surface area contributed by atoms with E-state index in [-0.39, 0.29) is 0 Å². The lowest BCUT2D eigenvalue weighted by Crippen LogP contribution is -2.24. The maximum atomic E-state index is 9.12. The van der Waals surface area contributed by atoms with Gasteiger partial charge in [0.15, 0.2) is 0 Å². The zero-order chi connectivity index (χ0) is 8.55. The largest absolute Gasteiger partial charge is 0.396 e. The van der Waals surface area contributed by atoms with Gasteiger partial charge in [0.1, 0.15) is 0 Å². The van der Waals surface area contributed by atoms with E-state index >= 15 is 0 Å². The van der Waals surface area contributed by atoms with Crippen molar-refractivity contribution in [1.82, 2.24) is 4.57 Å². The maximum absolute atomic E-state index is 9.12. The quantitative estimate of drug-likeness (QED) is 0.672. The molecule has 0 amide bonds. The fraction of sp³-hybridized carbons (Fsp3) is 0.600. The van der Waals surface area contributed by atoms with Crippen LogP contribution in [0.2, 0.25) is 0 Å². The first-order valence-electron chi connectivity index (χ1n) is 4.59. The summed E-state index contributed by atoms with van der Waals surface area (Å²) < 4.78 is 2.29. The second kappa shape index (κ2) is 2.94. The zero-order valence-electron chi connectivity index (χ0n) is 7.40. The van der Waals surface area contributed by atoms with Gasteiger partial charge in [0.2, 0.25) is 0 Å². The van der Waals surface area contributed by atoms with Crippen LogP contribution in [0.3, 0.4) is 0 Å². The molecule has 2 heteroatoms. The van der Waals surface area contributed by atoms with Crippen LogP contribution in [0.1, 0.15) is 25.0 Å². The summed E-state index contributed by atoms with van der Waals surface area (Å²) >= 11 is 0. The predicted molar refractivity (Wildman–Crippen MR) is 48.0 cm³/mol. The molecule has 0 spiro atoms. The Balaban J connectivity index is 2.29. The molecular formula is C10H15NO. The van der Waals surface area contributed by atoms with Gasteiger partial charge in [-0.2, -0.15) is 0 Å². The summed E-state index contributed by atoms with van der Waals surface area (Å²) in [7, 11) is 0. The van der Waals surface area contributed by atoms with E-state index in [4.69, 9.17) is 5.11 Å². The SMILES string of the molecule is C[C@@H]1c2cccn2CC[C@H]1CO. The van der Waals surface area contributed by atoms with E-state index < -0.39 is 0 Å². The number of rotatable bonds is 1. The van der Waals surface area contributed by atoms with Gasteiger partial charge in [-0.25, -0.2) is 0 Å². The van der Waals surface area contributed by atoms with Crippen LogP contribution in [0.15, 0.2) is 18.3 Å². The summed E-state index contributed by atoms with van der Waals surface area (Å²) in [5, 5.41) is 9.12. The van der Waals surface area contributed by atoms with Crippen molar-refractivity contribution in [2.45, 2.75) is 25.8 Å². The van der Waals surface area contributed by atoms with Crippen molar-refractivity contribution in [3.63, 3.8) is 0 Å². The normalized spacial score (nSPS) is 28.5. The fourth-order valence-electron chi connectivity index (χ4n) is 2.09. The second-order valence-corrected chi connectivity index (χ2v) is 3.65. The number of aliphatic hydroxyl groups is 1. The number of nitrogens with zero attached hydrogens (tertiary/aromatic N) is 1. The van der Waals surface area contributed by atoms with Crippen LogP contribution < -0.4 is 0 Å². The second-order valence-electron chi connectivity index (χ2n) is 3.65. The van der Waals surface area contributed by atoms with Crippen LogP contribution in [-0.2, 0) is 6.54 Å². The molecule has 0 fully saturated rings. The number of aryl methyl sites for hydroxylation is 1. The third-order valence-corrected chi connectivity index (χ3v) is 3.01. The molecule has 1 aliphatic rings. The van der Waals surface area contributed by atoms with Crippen molar-refractivity contribution in [3.8, 4) is 0 Å². The van der Waals surface area contributed by atoms with Gasteiger partial charge >= 0.3 is 0 Å². The standard InChI is InChI=1S/C10H15NO/c1-8-9(7-12)4-6-11-5-2-3-10(8)11/h2-3,5,8-9,12H,4,6-7H2,1H3/t8-,9-/m0/s1. The van der Waals surface area contributed by atoms with E-state index in [1.54, 1.807) is 0 Å². The Morgan fingerprint density at radius 3 is 3.25 bits per heavy atom. The minimum absolute atomic E-state index is 0.326. The molecule has 1 N–H and O–H groups in total. The van der Waals surface area contributed by atoms with Gasteiger partial charge < -0.3 is 9.67 Å². The average molecular weight is 165 g/mol. The molecule has 1 aromatic heterocycles. The Kier molecular flexibility index (Phi) is 1.93. The Morgan fingerprint density at radius 2 is 2.50 bits per heavy atom. The predicted octanol–water partition coefficient (Wildman–Crippen LogP) is 1.60. The molecule has 2 heterocycles.